The van der Waals surface area contributed by atoms with Crippen molar-refractivity contribution in [3.05, 3.63) is 29.8 Å². The maximum absolute atomic E-state index is 12.1. The van der Waals surface area contributed by atoms with Crippen LogP contribution in [0.15, 0.2) is 24.3 Å². The number of nitrogens with one attached hydrogen (secondary N) is 1. The highest BCUT2D eigenvalue weighted by molar-refractivity contribution is 5.76. The summed E-state index contributed by atoms with van der Waals surface area (Å²) in [5.74, 6) is 1.06. The van der Waals surface area contributed by atoms with Crippen LogP contribution in [-0.2, 0) is 11.3 Å². The number of rotatable bonds is 8. The number of hydrogen-bond donors (Lipinski definition) is 1. The number of nitrogens with zero attached hydrogens (tertiary/aromatic N) is 1. The molecule has 0 saturated carbocycles. The maximum Gasteiger partial charge on any atom is 0.222 e. The first-order valence-corrected chi connectivity index (χ1v) is 6.76. The van der Waals surface area contributed by atoms with E-state index in [1.165, 1.54) is 0 Å². The van der Waals surface area contributed by atoms with Gasteiger partial charge < -0.3 is 15.0 Å². The zero-order valence-corrected chi connectivity index (χ0v) is 12.1. The van der Waals surface area contributed by atoms with Gasteiger partial charge in [-0.1, -0.05) is 12.1 Å². The Morgan fingerprint density at radius 3 is 2.53 bits per heavy atom. The van der Waals surface area contributed by atoms with E-state index in [-0.39, 0.29) is 5.91 Å². The number of hydrogen-bond acceptors (Lipinski definition) is 3. The molecule has 0 bridgehead atoms. The van der Waals surface area contributed by atoms with E-state index in [9.17, 15) is 4.79 Å². The molecule has 4 nitrogen and oxygen atoms in total. The van der Waals surface area contributed by atoms with Gasteiger partial charge in [0.2, 0.25) is 5.91 Å². The molecular formula is C15H24N2O2. The van der Waals surface area contributed by atoms with E-state index in [1.807, 2.05) is 43.1 Å². The van der Waals surface area contributed by atoms with E-state index in [0.29, 0.717) is 13.0 Å². The van der Waals surface area contributed by atoms with Crippen LogP contribution in [0.5, 0.6) is 5.75 Å². The zero-order valence-electron chi connectivity index (χ0n) is 12.1. The van der Waals surface area contributed by atoms with Crippen LogP contribution in [0.3, 0.4) is 0 Å². The van der Waals surface area contributed by atoms with E-state index in [4.69, 9.17) is 4.74 Å². The Kier molecular flexibility index (Phi) is 6.97. The van der Waals surface area contributed by atoms with E-state index in [2.05, 4.69) is 5.32 Å². The average Bonchev–Trinajstić information content (AvgIpc) is 2.45. The highest BCUT2D eigenvalue weighted by Gasteiger charge is 2.11. The minimum atomic E-state index is 0.216. The third-order valence-electron chi connectivity index (χ3n) is 3.08. The van der Waals surface area contributed by atoms with Gasteiger partial charge in [-0.15, -0.1) is 0 Å². The van der Waals surface area contributed by atoms with Crippen molar-refractivity contribution < 1.29 is 9.53 Å². The summed E-state index contributed by atoms with van der Waals surface area (Å²) in [5, 5.41) is 3.06. The van der Waals surface area contributed by atoms with Crippen molar-refractivity contribution in [1.82, 2.24) is 10.2 Å². The number of carbonyl (C=O) groups excluding carboxylic acids is 1. The number of benzene rings is 1. The summed E-state index contributed by atoms with van der Waals surface area (Å²) in [6.45, 7) is 4.30. The second-order valence-electron chi connectivity index (χ2n) is 4.46. The molecule has 0 unspecified atom stereocenters. The molecule has 0 atom stereocenters. The lowest BCUT2D eigenvalue weighted by atomic mass is 10.2. The molecule has 19 heavy (non-hydrogen) atoms. The number of carbonyl (C=O) groups is 1. The van der Waals surface area contributed by atoms with Crippen molar-refractivity contribution in [2.24, 2.45) is 0 Å². The molecule has 1 aromatic rings. The van der Waals surface area contributed by atoms with Gasteiger partial charge in [-0.2, -0.15) is 0 Å². The Balaban J connectivity index is 2.52. The summed E-state index contributed by atoms with van der Waals surface area (Å²) < 4.78 is 5.13. The molecular weight excluding hydrogens is 240 g/mol. The van der Waals surface area contributed by atoms with E-state index in [0.717, 1.165) is 30.8 Å². The molecule has 1 rings (SSSR count). The Morgan fingerprint density at radius 2 is 2.00 bits per heavy atom. The fourth-order valence-corrected chi connectivity index (χ4v) is 1.90. The molecule has 0 spiro atoms. The first-order chi connectivity index (χ1) is 9.21. The highest BCUT2D eigenvalue weighted by Crippen LogP contribution is 2.13. The van der Waals surface area contributed by atoms with Crippen molar-refractivity contribution in [2.75, 3.05) is 27.2 Å². The molecule has 0 aromatic heterocycles. The van der Waals surface area contributed by atoms with Crippen molar-refractivity contribution >= 4 is 5.91 Å². The molecule has 0 radical (unpaired) electrons. The Morgan fingerprint density at radius 1 is 1.32 bits per heavy atom. The third-order valence-corrected chi connectivity index (χ3v) is 3.08. The molecule has 1 amide bonds. The minimum Gasteiger partial charge on any atom is -0.497 e. The lowest BCUT2D eigenvalue weighted by Gasteiger charge is -2.21. The molecule has 106 valence electrons. The Labute approximate surface area is 115 Å². The number of methoxy groups -OCH3 is 1. The van der Waals surface area contributed by atoms with Crippen LogP contribution in [0.2, 0.25) is 0 Å². The van der Waals surface area contributed by atoms with Gasteiger partial charge in [0.05, 0.1) is 7.11 Å². The van der Waals surface area contributed by atoms with Crippen LogP contribution in [0.4, 0.5) is 0 Å². The molecule has 0 aliphatic carbocycles. The monoisotopic (exact) mass is 264 g/mol. The van der Waals surface area contributed by atoms with Gasteiger partial charge in [-0.05, 0) is 44.6 Å². The first kappa shape index (κ1) is 15.5. The molecule has 0 saturated heterocycles. The van der Waals surface area contributed by atoms with Gasteiger partial charge in [-0.25, -0.2) is 0 Å². The van der Waals surface area contributed by atoms with Crippen molar-refractivity contribution in [2.45, 2.75) is 26.3 Å². The van der Waals surface area contributed by atoms with Crippen molar-refractivity contribution in [3.63, 3.8) is 0 Å². The molecule has 4 heteroatoms. The van der Waals surface area contributed by atoms with E-state index >= 15 is 0 Å². The SMILES string of the molecule is CCN(Cc1ccc(OC)cc1)C(=O)CCCNC. The second-order valence-corrected chi connectivity index (χ2v) is 4.46. The quantitative estimate of drug-likeness (QED) is 0.731. The Bertz CT molecular complexity index is 376. The van der Waals surface area contributed by atoms with Gasteiger partial charge in [0, 0.05) is 19.5 Å². The molecule has 0 aliphatic heterocycles. The largest absolute Gasteiger partial charge is 0.497 e. The summed E-state index contributed by atoms with van der Waals surface area (Å²) in [7, 11) is 3.55. The standard InChI is InChI=1S/C15H24N2O2/c1-4-17(15(18)6-5-11-16-2)12-13-7-9-14(19-3)10-8-13/h7-10,16H,4-6,11-12H2,1-3H3. The summed E-state index contributed by atoms with van der Waals surface area (Å²) in [5.41, 5.74) is 1.13. The highest BCUT2D eigenvalue weighted by atomic mass is 16.5. The van der Waals surface area contributed by atoms with E-state index in [1.54, 1.807) is 7.11 Å². The fraction of sp³-hybridized carbons (Fsp3) is 0.533. The van der Waals surface area contributed by atoms with Gasteiger partial charge in [0.25, 0.3) is 0 Å². The first-order valence-electron chi connectivity index (χ1n) is 6.76. The molecule has 0 fully saturated rings. The van der Waals surface area contributed by atoms with Gasteiger partial charge >= 0.3 is 0 Å². The smallest absolute Gasteiger partial charge is 0.222 e. The molecule has 1 N–H and O–H groups in total. The predicted molar refractivity (Wildman–Crippen MR) is 77.2 cm³/mol. The number of ether oxygens (including phenoxy) is 1. The molecule has 0 heterocycles. The summed E-state index contributed by atoms with van der Waals surface area (Å²) >= 11 is 0. The fourth-order valence-electron chi connectivity index (χ4n) is 1.90. The third kappa shape index (κ3) is 5.30. The van der Waals surface area contributed by atoms with Crippen LogP contribution in [-0.4, -0.2) is 38.1 Å². The lowest BCUT2D eigenvalue weighted by Crippen LogP contribution is -2.30. The maximum atomic E-state index is 12.1. The molecule has 0 aliphatic rings. The zero-order chi connectivity index (χ0) is 14.1. The predicted octanol–water partition coefficient (Wildman–Crippen LogP) is 2.04. The number of amides is 1. The van der Waals surface area contributed by atoms with Crippen LogP contribution in [0, 0.1) is 0 Å². The van der Waals surface area contributed by atoms with Gasteiger partial charge in [0.1, 0.15) is 5.75 Å². The summed E-state index contributed by atoms with van der Waals surface area (Å²) in [6.07, 6.45) is 1.49. The van der Waals surface area contributed by atoms with Crippen LogP contribution in [0.25, 0.3) is 0 Å². The van der Waals surface area contributed by atoms with Crippen molar-refractivity contribution in [1.29, 1.82) is 0 Å². The summed E-state index contributed by atoms with van der Waals surface area (Å²) in [4.78, 5) is 13.9. The Hall–Kier alpha value is -1.55. The topological polar surface area (TPSA) is 41.6 Å². The normalized spacial score (nSPS) is 10.3. The lowest BCUT2D eigenvalue weighted by molar-refractivity contribution is -0.131. The van der Waals surface area contributed by atoms with Crippen molar-refractivity contribution in [3.8, 4) is 5.75 Å². The molecule has 1 aromatic carbocycles. The van der Waals surface area contributed by atoms with E-state index < -0.39 is 0 Å². The van der Waals surface area contributed by atoms with Gasteiger partial charge in [0.15, 0.2) is 0 Å². The van der Waals surface area contributed by atoms with Crippen LogP contribution in [0.1, 0.15) is 25.3 Å². The van der Waals surface area contributed by atoms with Crippen LogP contribution < -0.4 is 10.1 Å². The summed E-state index contributed by atoms with van der Waals surface area (Å²) in [6, 6.07) is 7.86. The average molecular weight is 264 g/mol. The van der Waals surface area contributed by atoms with Crippen LogP contribution >= 0.6 is 0 Å². The minimum absolute atomic E-state index is 0.216. The second kappa shape index (κ2) is 8.53. The van der Waals surface area contributed by atoms with Gasteiger partial charge in [-0.3, -0.25) is 4.79 Å².